The zero-order valence-electron chi connectivity index (χ0n) is 10.3. The lowest BCUT2D eigenvalue weighted by atomic mass is 10.0. The summed E-state index contributed by atoms with van der Waals surface area (Å²) in [5.74, 6) is -2.39. The predicted molar refractivity (Wildman–Crippen MR) is 71.5 cm³/mol. The van der Waals surface area contributed by atoms with E-state index in [0.29, 0.717) is 11.1 Å². The van der Waals surface area contributed by atoms with Crippen molar-refractivity contribution < 1.29 is 13.6 Å². The molecule has 2 aromatic carbocycles. The van der Waals surface area contributed by atoms with Gasteiger partial charge in [-0.05, 0) is 30.3 Å². The Bertz CT molecular complexity index is 809. The zero-order valence-corrected chi connectivity index (χ0v) is 10.3. The molecule has 0 bridgehead atoms. The highest BCUT2D eigenvalue weighted by Gasteiger charge is 2.15. The molecule has 0 fully saturated rings. The molecule has 1 heterocycles. The number of carbonyl (C=O) groups excluding carboxylic acids is 1. The van der Waals surface area contributed by atoms with Crippen LogP contribution in [0.4, 0.5) is 8.78 Å². The third-order valence-corrected chi connectivity index (χ3v) is 3.06. The van der Waals surface area contributed by atoms with Crippen LogP contribution in [0, 0.1) is 11.6 Å². The van der Waals surface area contributed by atoms with Crippen molar-refractivity contribution in [2.75, 3.05) is 0 Å². The molecule has 0 saturated heterocycles. The number of hydrogen-bond donors (Lipinski definition) is 0. The molecular formula is C16H9F2NO. The first-order chi connectivity index (χ1) is 9.66. The van der Waals surface area contributed by atoms with E-state index in [9.17, 15) is 13.6 Å². The molecule has 0 spiro atoms. The standard InChI is InChI=1S/C16H9F2NO/c17-13-7-6-11(9-14(13)18)16(20)12-5-1-3-10-4-2-8-19-15(10)12/h1-9H. The summed E-state index contributed by atoms with van der Waals surface area (Å²) in [4.78, 5) is 16.6. The Morgan fingerprint density at radius 3 is 2.55 bits per heavy atom. The first-order valence-electron chi connectivity index (χ1n) is 6.00. The molecule has 2 nitrogen and oxygen atoms in total. The number of para-hydroxylation sites is 1. The number of rotatable bonds is 2. The van der Waals surface area contributed by atoms with Crippen LogP contribution in [0.15, 0.2) is 54.7 Å². The molecule has 98 valence electrons. The molecule has 0 aliphatic rings. The van der Waals surface area contributed by atoms with Crippen LogP contribution >= 0.6 is 0 Å². The number of ketones is 1. The van der Waals surface area contributed by atoms with Gasteiger partial charge in [0.25, 0.3) is 0 Å². The average Bonchev–Trinajstić information content (AvgIpc) is 2.49. The third-order valence-electron chi connectivity index (χ3n) is 3.06. The number of aromatic nitrogens is 1. The van der Waals surface area contributed by atoms with Gasteiger partial charge in [-0.15, -0.1) is 0 Å². The highest BCUT2D eigenvalue weighted by molar-refractivity contribution is 6.15. The monoisotopic (exact) mass is 269 g/mol. The molecular weight excluding hydrogens is 260 g/mol. The Balaban J connectivity index is 2.15. The second-order valence-electron chi connectivity index (χ2n) is 4.34. The van der Waals surface area contributed by atoms with E-state index in [1.807, 2.05) is 12.1 Å². The lowest BCUT2D eigenvalue weighted by Crippen LogP contribution is -2.04. The fraction of sp³-hybridized carbons (Fsp3) is 0. The second-order valence-corrected chi connectivity index (χ2v) is 4.34. The summed E-state index contributed by atoms with van der Waals surface area (Å²) in [7, 11) is 0. The number of fused-ring (bicyclic) bond motifs is 1. The first-order valence-corrected chi connectivity index (χ1v) is 6.00. The minimum absolute atomic E-state index is 0.0991. The van der Waals surface area contributed by atoms with Crippen molar-refractivity contribution in [3.8, 4) is 0 Å². The van der Waals surface area contributed by atoms with Gasteiger partial charge < -0.3 is 0 Å². The highest BCUT2D eigenvalue weighted by Crippen LogP contribution is 2.20. The van der Waals surface area contributed by atoms with Gasteiger partial charge in [0.2, 0.25) is 0 Å². The molecule has 0 saturated carbocycles. The van der Waals surface area contributed by atoms with Crippen LogP contribution in [0.1, 0.15) is 15.9 Å². The smallest absolute Gasteiger partial charge is 0.195 e. The van der Waals surface area contributed by atoms with Crippen molar-refractivity contribution >= 4 is 16.7 Å². The van der Waals surface area contributed by atoms with E-state index in [4.69, 9.17) is 0 Å². The Morgan fingerprint density at radius 1 is 0.950 bits per heavy atom. The van der Waals surface area contributed by atoms with E-state index in [0.717, 1.165) is 17.5 Å². The number of hydrogen-bond acceptors (Lipinski definition) is 2. The van der Waals surface area contributed by atoms with Crippen molar-refractivity contribution in [1.82, 2.24) is 4.98 Å². The summed E-state index contributed by atoms with van der Waals surface area (Å²) in [6.07, 6.45) is 1.59. The Labute approximate surface area is 113 Å². The van der Waals surface area contributed by atoms with Crippen LogP contribution in [0.25, 0.3) is 10.9 Å². The van der Waals surface area contributed by atoms with E-state index in [-0.39, 0.29) is 11.3 Å². The van der Waals surface area contributed by atoms with Gasteiger partial charge in [0.15, 0.2) is 17.4 Å². The number of halogens is 2. The molecule has 0 unspecified atom stereocenters. The van der Waals surface area contributed by atoms with Gasteiger partial charge in [-0.1, -0.05) is 18.2 Å². The number of carbonyl (C=O) groups is 1. The van der Waals surface area contributed by atoms with Crippen LogP contribution in [0.5, 0.6) is 0 Å². The van der Waals surface area contributed by atoms with Gasteiger partial charge in [-0.3, -0.25) is 9.78 Å². The fourth-order valence-corrected chi connectivity index (χ4v) is 2.08. The summed E-state index contributed by atoms with van der Waals surface area (Å²) in [5.41, 5.74) is 1.01. The summed E-state index contributed by atoms with van der Waals surface area (Å²) >= 11 is 0. The highest BCUT2D eigenvalue weighted by atomic mass is 19.2. The molecule has 0 aliphatic heterocycles. The van der Waals surface area contributed by atoms with Crippen molar-refractivity contribution in [3.63, 3.8) is 0 Å². The van der Waals surface area contributed by atoms with Gasteiger partial charge in [-0.2, -0.15) is 0 Å². The number of pyridine rings is 1. The second kappa shape index (κ2) is 4.81. The maximum Gasteiger partial charge on any atom is 0.195 e. The number of benzene rings is 2. The topological polar surface area (TPSA) is 30.0 Å². The molecule has 4 heteroatoms. The molecule has 20 heavy (non-hydrogen) atoms. The van der Waals surface area contributed by atoms with Crippen LogP contribution in [-0.4, -0.2) is 10.8 Å². The molecule has 0 atom stereocenters. The van der Waals surface area contributed by atoms with Gasteiger partial charge in [0, 0.05) is 22.7 Å². The lowest BCUT2D eigenvalue weighted by Gasteiger charge is -2.05. The zero-order chi connectivity index (χ0) is 14.1. The Kier molecular flexibility index (Phi) is 2.99. The van der Waals surface area contributed by atoms with Crippen molar-refractivity contribution in [2.45, 2.75) is 0 Å². The molecule has 0 N–H and O–H groups in total. The maximum atomic E-state index is 13.2. The van der Waals surface area contributed by atoms with Crippen molar-refractivity contribution in [3.05, 3.63) is 77.5 Å². The minimum atomic E-state index is -1.04. The van der Waals surface area contributed by atoms with E-state index in [2.05, 4.69) is 4.98 Å². The van der Waals surface area contributed by atoms with Crippen LogP contribution < -0.4 is 0 Å². The lowest BCUT2D eigenvalue weighted by molar-refractivity contribution is 0.103. The SMILES string of the molecule is O=C(c1ccc(F)c(F)c1)c1cccc2cccnc12. The van der Waals surface area contributed by atoms with Crippen molar-refractivity contribution in [1.29, 1.82) is 0 Å². The molecule has 1 aromatic heterocycles. The number of nitrogens with zero attached hydrogens (tertiary/aromatic N) is 1. The average molecular weight is 269 g/mol. The van der Waals surface area contributed by atoms with E-state index in [1.54, 1.807) is 24.4 Å². The Morgan fingerprint density at radius 2 is 1.75 bits per heavy atom. The molecule has 0 aliphatic carbocycles. The first kappa shape index (κ1) is 12.4. The van der Waals surface area contributed by atoms with Gasteiger partial charge >= 0.3 is 0 Å². The summed E-state index contributed by atoms with van der Waals surface area (Å²) in [6, 6.07) is 11.9. The third kappa shape index (κ3) is 2.05. The predicted octanol–water partition coefficient (Wildman–Crippen LogP) is 3.74. The summed E-state index contributed by atoms with van der Waals surface area (Å²) in [5, 5.41) is 0.820. The molecule has 0 amide bonds. The van der Waals surface area contributed by atoms with Gasteiger partial charge in [-0.25, -0.2) is 8.78 Å². The van der Waals surface area contributed by atoms with Crippen LogP contribution in [0.3, 0.4) is 0 Å². The normalized spacial score (nSPS) is 10.7. The van der Waals surface area contributed by atoms with E-state index >= 15 is 0 Å². The Hall–Kier alpha value is -2.62. The van der Waals surface area contributed by atoms with Crippen LogP contribution in [0.2, 0.25) is 0 Å². The van der Waals surface area contributed by atoms with Crippen molar-refractivity contribution in [2.24, 2.45) is 0 Å². The van der Waals surface area contributed by atoms with Crippen LogP contribution in [-0.2, 0) is 0 Å². The quantitative estimate of drug-likeness (QED) is 0.663. The minimum Gasteiger partial charge on any atom is -0.289 e. The fourth-order valence-electron chi connectivity index (χ4n) is 2.08. The maximum absolute atomic E-state index is 13.2. The summed E-state index contributed by atoms with van der Waals surface area (Å²) in [6.45, 7) is 0. The van der Waals surface area contributed by atoms with Gasteiger partial charge in [0.05, 0.1) is 5.52 Å². The molecule has 0 radical (unpaired) electrons. The molecule has 3 rings (SSSR count). The van der Waals surface area contributed by atoms with E-state index in [1.165, 1.54) is 6.07 Å². The van der Waals surface area contributed by atoms with Gasteiger partial charge in [0.1, 0.15) is 0 Å². The van der Waals surface area contributed by atoms with E-state index < -0.39 is 11.6 Å². The molecule has 3 aromatic rings. The largest absolute Gasteiger partial charge is 0.289 e. The summed E-state index contributed by atoms with van der Waals surface area (Å²) < 4.78 is 26.1.